The van der Waals surface area contributed by atoms with Crippen LogP contribution in [0, 0.1) is 5.92 Å². The molecule has 0 unspecified atom stereocenters. The number of hydrogen-bond acceptors (Lipinski definition) is 6. The molecule has 2 N–H and O–H groups in total. The molecule has 0 radical (unpaired) electrons. The molecule has 2 fully saturated rings. The van der Waals surface area contributed by atoms with Crippen molar-refractivity contribution in [1.29, 1.82) is 0 Å². The Kier molecular flexibility index (Phi) is 41.8. The van der Waals surface area contributed by atoms with Crippen LogP contribution in [0.5, 0.6) is 0 Å². The summed E-state index contributed by atoms with van der Waals surface area (Å²) in [6, 6.07) is 2.86. The maximum atomic E-state index is 5.21. The van der Waals surface area contributed by atoms with E-state index in [1.807, 2.05) is 0 Å². The van der Waals surface area contributed by atoms with Gasteiger partial charge in [0.25, 0.3) is 0 Å². The van der Waals surface area contributed by atoms with Crippen LogP contribution in [-0.2, 0) is 4.74 Å². The molecule has 0 aromatic carbocycles. The van der Waals surface area contributed by atoms with Gasteiger partial charge < -0.3 is 25.2 Å². The van der Waals surface area contributed by atoms with Crippen molar-refractivity contribution >= 4 is 0 Å². The average molecular weight is 618 g/mol. The van der Waals surface area contributed by atoms with Crippen molar-refractivity contribution in [3.8, 4) is 0 Å². The molecular formula is C37H87N5O. The van der Waals surface area contributed by atoms with Crippen LogP contribution >= 0.6 is 0 Å². The smallest absolute Gasteiger partial charge is 0.0594 e. The van der Waals surface area contributed by atoms with E-state index in [0.717, 1.165) is 44.8 Å². The fraction of sp³-hybridized carbons (Fsp3) is 1.00. The quantitative estimate of drug-likeness (QED) is 0.251. The lowest BCUT2D eigenvalue weighted by molar-refractivity contribution is 0.0238. The zero-order valence-electron chi connectivity index (χ0n) is 33.0. The summed E-state index contributed by atoms with van der Waals surface area (Å²) in [4.78, 5) is 9.55. The van der Waals surface area contributed by atoms with Crippen LogP contribution < -0.4 is 5.73 Å². The number of morpholine rings is 1. The lowest BCUT2D eigenvalue weighted by Gasteiger charge is -2.29. The monoisotopic (exact) mass is 618 g/mol. The summed E-state index contributed by atoms with van der Waals surface area (Å²) in [7, 11) is 4.15. The molecule has 6 nitrogen and oxygen atoms in total. The van der Waals surface area contributed by atoms with Gasteiger partial charge in [0.05, 0.1) is 13.2 Å². The summed E-state index contributed by atoms with van der Waals surface area (Å²) in [6.07, 6.45) is 9.36. The van der Waals surface area contributed by atoms with Gasteiger partial charge in [0, 0.05) is 37.3 Å². The lowest BCUT2D eigenvalue weighted by Crippen LogP contribution is -2.40. The Morgan fingerprint density at radius 3 is 1.16 bits per heavy atom. The van der Waals surface area contributed by atoms with E-state index >= 15 is 0 Å². The summed E-state index contributed by atoms with van der Waals surface area (Å²) in [5.74, 6) is 0.903. The normalized spacial score (nSPS) is 15.3. The number of likely N-dealkylation sites (tertiary alicyclic amines) is 1. The van der Waals surface area contributed by atoms with E-state index in [4.69, 9.17) is 10.5 Å². The molecule has 0 amide bonds. The molecule has 0 aromatic rings. The maximum Gasteiger partial charge on any atom is 0.0594 e. The molecule has 0 spiro atoms. The Labute approximate surface area is 274 Å². The zero-order chi connectivity index (χ0) is 34.2. The summed E-state index contributed by atoms with van der Waals surface area (Å²) in [6.45, 7) is 41.0. The van der Waals surface area contributed by atoms with Gasteiger partial charge in [0.15, 0.2) is 0 Å². The SMILES string of the molecule is CC(C)N(C)C.CC(C)N1CCCC1.CC(C)N1CCOCC1.CCCCC(C)C.CCCCN.CCN(CC)C(C)C. The minimum Gasteiger partial charge on any atom is -0.379 e. The van der Waals surface area contributed by atoms with Gasteiger partial charge in [-0.15, -0.1) is 0 Å². The third-order valence-corrected chi connectivity index (χ3v) is 7.92. The van der Waals surface area contributed by atoms with Gasteiger partial charge in [-0.2, -0.15) is 0 Å². The fourth-order valence-corrected chi connectivity index (χ4v) is 4.12. The molecule has 0 bridgehead atoms. The predicted octanol–water partition coefficient (Wildman–Crippen LogP) is 8.49. The van der Waals surface area contributed by atoms with Gasteiger partial charge in [-0.1, -0.05) is 67.2 Å². The van der Waals surface area contributed by atoms with Gasteiger partial charge in [0.1, 0.15) is 0 Å². The van der Waals surface area contributed by atoms with Crippen molar-refractivity contribution in [2.75, 3.05) is 73.1 Å². The zero-order valence-corrected chi connectivity index (χ0v) is 33.0. The van der Waals surface area contributed by atoms with E-state index in [-0.39, 0.29) is 0 Å². The minimum atomic E-state index is 0.685. The van der Waals surface area contributed by atoms with Crippen LogP contribution in [0.25, 0.3) is 0 Å². The number of hydrogen-bond donors (Lipinski definition) is 1. The third kappa shape index (κ3) is 39.7. The first-order chi connectivity index (χ1) is 20.2. The number of nitrogens with two attached hydrogens (primary N) is 1. The van der Waals surface area contributed by atoms with Crippen molar-refractivity contribution in [2.45, 2.75) is 166 Å². The second kappa shape index (κ2) is 36.2. The summed E-state index contributed by atoms with van der Waals surface area (Å²) in [5.41, 5.74) is 5.14. The van der Waals surface area contributed by atoms with Gasteiger partial charge in [-0.05, 0) is 127 Å². The van der Waals surface area contributed by atoms with Crippen LogP contribution in [0.4, 0.5) is 0 Å². The molecule has 2 rings (SSSR count). The van der Waals surface area contributed by atoms with Crippen molar-refractivity contribution in [3.05, 3.63) is 0 Å². The molecule has 266 valence electrons. The van der Waals surface area contributed by atoms with Crippen molar-refractivity contribution in [2.24, 2.45) is 11.7 Å². The standard InChI is InChI=1S/C7H15NO.C7H15N.C7H17N.C7H16.C5H13N.C4H11N/c1-7(2)8-3-5-9-6-4-8;1-7(2)8-5-3-4-6-8;1-5-8(6-2)7(3)4;1-4-5-6-7(2)3;1-5(2)6(3)4;1-2-3-4-5/h7H,3-6H2,1-2H3;7H,3-6H2,1-2H3;7H,5-6H2,1-4H3;7H,4-6H2,1-3H3;5H,1-4H3;2-5H2,1H3. The van der Waals surface area contributed by atoms with Gasteiger partial charge >= 0.3 is 0 Å². The second-order valence-electron chi connectivity index (χ2n) is 13.6. The van der Waals surface area contributed by atoms with Crippen LogP contribution in [0.3, 0.4) is 0 Å². The second-order valence-corrected chi connectivity index (χ2v) is 13.6. The Bertz CT molecular complexity index is 467. The highest BCUT2D eigenvalue weighted by Crippen LogP contribution is 2.10. The summed E-state index contributed by atoms with van der Waals surface area (Å²) in [5, 5.41) is 0. The fourth-order valence-electron chi connectivity index (χ4n) is 4.12. The molecule has 43 heavy (non-hydrogen) atoms. The number of rotatable bonds is 11. The number of unbranched alkanes of at least 4 members (excludes halogenated alkanes) is 2. The maximum absolute atomic E-state index is 5.21. The van der Waals surface area contributed by atoms with Crippen molar-refractivity contribution in [1.82, 2.24) is 19.6 Å². The van der Waals surface area contributed by atoms with Crippen LogP contribution in [0.15, 0.2) is 0 Å². The van der Waals surface area contributed by atoms with Gasteiger partial charge in [-0.3, -0.25) is 4.90 Å². The first-order valence-corrected chi connectivity index (χ1v) is 18.3. The largest absolute Gasteiger partial charge is 0.379 e. The lowest BCUT2D eigenvalue weighted by atomic mass is 10.1. The van der Waals surface area contributed by atoms with Gasteiger partial charge in [-0.25, -0.2) is 0 Å². The van der Waals surface area contributed by atoms with Crippen molar-refractivity contribution in [3.63, 3.8) is 0 Å². The van der Waals surface area contributed by atoms with E-state index in [2.05, 4.69) is 131 Å². The third-order valence-electron chi connectivity index (χ3n) is 7.92. The molecule has 2 heterocycles. The first-order valence-electron chi connectivity index (χ1n) is 18.3. The molecule has 0 atom stereocenters. The van der Waals surface area contributed by atoms with Gasteiger partial charge in [0.2, 0.25) is 0 Å². The van der Waals surface area contributed by atoms with E-state index in [0.29, 0.717) is 18.1 Å². The highest BCUT2D eigenvalue weighted by molar-refractivity contribution is 4.68. The molecule has 2 aliphatic heterocycles. The molecule has 0 aliphatic carbocycles. The first kappa shape index (κ1) is 49.6. The molecule has 2 saturated heterocycles. The Morgan fingerprint density at radius 1 is 0.628 bits per heavy atom. The van der Waals surface area contributed by atoms with E-state index in [1.165, 1.54) is 71.1 Å². The van der Waals surface area contributed by atoms with Crippen LogP contribution in [-0.4, -0.2) is 117 Å². The Hall–Kier alpha value is -0.240. The van der Waals surface area contributed by atoms with E-state index in [1.54, 1.807) is 0 Å². The Morgan fingerprint density at radius 2 is 1.02 bits per heavy atom. The Balaban J connectivity index is -0.000000215. The van der Waals surface area contributed by atoms with Crippen LogP contribution in [0.1, 0.15) is 142 Å². The van der Waals surface area contributed by atoms with E-state index in [9.17, 15) is 0 Å². The highest BCUT2D eigenvalue weighted by Gasteiger charge is 2.13. The predicted molar refractivity (Wildman–Crippen MR) is 199 cm³/mol. The van der Waals surface area contributed by atoms with Crippen LogP contribution in [0.2, 0.25) is 0 Å². The summed E-state index contributed by atoms with van der Waals surface area (Å²) >= 11 is 0. The number of nitrogens with zero attached hydrogens (tertiary/aromatic N) is 4. The molecular weight excluding hydrogens is 530 g/mol. The molecule has 0 aromatic heterocycles. The topological polar surface area (TPSA) is 48.2 Å². The van der Waals surface area contributed by atoms with Crippen molar-refractivity contribution < 1.29 is 4.74 Å². The minimum absolute atomic E-state index is 0.685. The molecule has 2 aliphatic rings. The average Bonchev–Trinajstić information content (AvgIpc) is 3.51. The number of ether oxygens (including phenoxy) is 1. The highest BCUT2D eigenvalue weighted by atomic mass is 16.5. The summed E-state index contributed by atoms with van der Waals surface area (Å²) < 4.78 is 5.21. The van der Waals surface area contributed by atoms with E-state index < -0.39 is 0 Å². The molecule has 6 heteroatoms. The molecule has 0 saturated carbocycles.